The third-order valence-corrected chi connectivity index (χ3v) is 2.52. The van der Waals surface area contributed by atoms with Crippen LogP contribution in [0.3, 0.4) is 0 Å². The Labute approximate surface area is 93.9 Å². The zero-order valence-corrected chi connectivity index (χ0v) is 9.53. The number of rotatable bonds is 2. The third kappa shape index (κ3) is 1.94. The maximum Gasteiger partial charge on any atom is 0.269 e. The Morgan fingerprint density at radius 2 is 1.94 bits per heavy atom. The average Bonchev–Trinajstić information content (AvgIpc) is 2.15. The van der Waals surface area contributed by atoms with Gasteiger partial charge < -0.3 is 10.2 Å². The summed E-state index contributed by atoms with van der Waals surface area (Å²) in [4.78, 5) is 11.5. The molecule has 0 aliphatic rings. The first kappa shape index (κ1) is 12.3. The number of hydrazine groups is 1. The number of phenols is 2. The highest BCUT2D eigenvalue weighted by atomic mass is 16.3. The number of nitrogen functional groups attached to an aromatic ring is 1. The normalized spacial score (nSPS) is 10.6. The molecule has 0 spiro atoms. The Hall–Kier alpha value is -1.75. The molecule has 0 bridgehead atoms. The molecule has 0 unspecified atom stereocenters. The van der Waals surface area contributed by atoms with Gasteiger partial charge in [0.05, 0.1) is 5.56 Å². The molecule has 16 heavy (non-hydrogen) atoms. The smallest absolute Gasteiger partial charge is 0.269 e. The van der Waals surface area contributed by atoms with Gasteiger partial charge in [-0.15, -0.1) is 0 Å². The Balaban J connectivity index is 3.51. The number of nitrogens with two attached hydrogens (primary N) is 1. The topological polar surface area (TPSA) is 95.6 Å². The first-order valence-corrected chi connectivity index (χ1v) is 4.96. The summed E-state index contributed by atoms with van der Waals surface area (Å²) in [6.07, 6.45) is 0. The SMILES string of the molecule is Cc1c(C(=O)NN)c(O)cc(O)c1C(C)C. The second kappa shape index (κ2) is 4.40. The van der Waals surface area contributed by atoms with Crippen molar-refractivity contribution in [2.24, 2.45) is 5.84 Å². The molecule has 88 valence electrons. The summed E-state index contributed by atoms with van der Waals surface area (Å²) in [7, 11) is 0. The Kier molecular flexibility index (Phi) is 3.39. The van der Waals surface area contributed by atoms with E-state index in [4.69, 9.17) is 5.84 Å². The van der Waals surface area contributed by atoms with Gasteiger partial charge in [0, 0.05) is 11.6 Å². The minimum atomic E-state index is -0.572. The first-order chi connectivity index (χ1) is 7.40. The molecule has 0 atom stereocenters. The molecular formula is C11H16N2O3. The van der Waals surface area contributed by atoms with Crippen LogP contribution in [0.25, 0.3) is 0 Å². The highest BCUT2D eigenvalue weighted by Crippen LogP contribution is 2.36. The van der Waals surface area contributed by atoms with Crippen molar-refractivity contribution in [3.05, 3.63) is 22.8 Å². The summed E-state index contributed by atoms with van der Waals surface area (Å²) in [6, 6.07) is 1.16. The highest BCUT2D eigenvalue weighted by molar-refractivity contribution is 5.98. The lowest BCUT2D eigenvalue weighted by Crippen LogP contribution is -2.30. The summed E-state index contributed by atoms with van der Waals surface area (Å²) in [5.74, 6) is 4.22. The summed E-state index contributed by atoms with van der Waals surface area (Å²) in [5, 5.41) is 19.3. The van der Waals surface area contributed by atoms with Gasteiger partial charge >= 0.3 is 0 Å². The van der Waals surface area contributed by atoms with E-state index < -0.39 is 5.91 Å². The lowest BCUT2D eigenvalue weighted by atomic mass is 9.92. The van der Waals surface area contributed by atoms with Crippen LogP contribution in [-0.4, -0.2) is 16.1 Å². The van der Waals surface area contributed by atoms with E-state index in [1.165, 1.54) is 0 Å². The second-order valence-corrected chi connectivity index (χ2v) is 3.96. The number of hydrogen-bond acceptors (Lipinski definition) is 4. The van der Waals surface area contributed by atoms with Gasteiger partial charge in [-0.1, -0.05) is 13.8 Å². The predicted octanol–water partition coefficient (Wildman–Crippen LogP) is 1.13. The van der Waals surface area contributed by atoms with Crippen molar-refractivity contribution in [2.45, 2.75) is 26.7 Å². The zero-order valence-electron chi connectivity index (χ0n) is 9.53. The molecule has 1 rings (SSSR count). The first-order valence-electron chi connectivity index (χ1n) is 4.96. The molecule has 0 aromatic heterocycles. The monoisotopic (exact) mass is 224 g/mol. The quantitative estimate of drug-likeness (QED) is 0.344. The van der Waals surface area contributed by atoms with Crippen LogP contribution in [0.1, 0.15) is 41.3 Å². The molecule has 1 aromatic rings. The summed E-state index contributed by atoms with van der Waals surface area (Å²) >= 11 is 0. The molecule has 0 radical (unpaired) electrons. The van der Waals surface area contributed by atoms with E-state index in [2.05, 4.69) is 0 Å². The van der Waals surface area contributed by atoms with Crippen molar-refractivity contribution in [1.82, 2.24) is 5.43 Å². The fourth-order valence-corrected chi connectivity index (χ4v) is 1.89. The van der Waals surface area contributed by atoms with Gasteiger partial charge in [-0.25, -0.2) is 5.84 Å². The van der Waals surface area contributed by atoms with E-state index >= 15 is 0 Å². The minimum Gasteiger partial charge on any atom is -0.508 e. The number of phenolic OH excluding ortho intramolecular Hbond substituents is 2. The molecule has 0 heterocycles. The van der Waals surface area contributed by atoms with Crippen LogP contribution in [0.5, 0.6) is 11.5 Å². The van der Waals surface area contributed by atoms with Crippen molar-refractivity contribution in [3.8, 4) is 11.5 Å². The standard InChI is InChI=1S/C11H16N2O3/c1-5(2)9-6(3)10(11(16)13-12)8(15)4-7(9)14/h4-5,14-15H,12H2,1-3H3,(H,13,16). The van der Waals surface area contributed by atoms with Gasteiger partial charge in [0.2, 0.25) is 0 Å². The minimum absolute atomic E-state index is 0.0152. The Morgan fingerprint density at radius 3 is 2.38 bits per heavy atom. The van der Waals surface area contributed by atoms with E-state index in [-0.39, 0.29) is 23.0 Å². The van der Waals surface area contributed by atoms with Crippen LogP contribution in [0.4, 0.5) is 0 Å². The van der Waals surface area contributed by atoms with Gasteiger partial charge in [-0.3, -0.25) is 10.2 Å². The van der Waals surface area contributed by atoms with Crippen LogP contribution in [0.2, 0.25) is 0 Å². The summed E-state index contributed by atoms with van der Waals surface area (Å²) in [6.45, 7) is 5.45. The molecule has 0 aliphatic heterocycles. The van der Waals surface area contributed by atoms with Gasteiger partial charge in [0.1, 0.15) is 11.5 Å². The fraction of sp³-hybridized carbons (Fsp3) is 0.364. The molecule has 5 heteroatoms. The maximum absolute atomic E-state index is 11.5. The van der Waals surface area contributed by atoms with Crippen LogP contribution >= 0.6 is 0 Å². The fourth-order valence-electron chi connectivity index (χ4n) is 1.89. The number of nitrogens with one attached hydrogen (secondary N) is 1. The third-order valence-electron chi connectivity index (χ3n) is 2.52. The van der Waals surface area contributed by atoms with E-state index in [1.54, 1.807) is 6.92 Å². The average molecular weight is 224 g/mol. The largest absolute Gasteiger partial charge is 0.508 e. The van der Waals surface area contributed by atoms with Gasteiger partial charge in [-0.05, 0) is 18.4 Å². The van der Waals surface area contributed by atoms with Crippen LogP contribution in [-0.2, 0) is 0 Å². The number of hydrogen-bond donors (Lipinski definition) is 4. The van der Waals surface area contributed by atoms with E-state index in [0.717, 1.165) is 6.07 Å². The van der Waals surface area contributed by atoms with Gasteiger partial charge in [0.25, 0.3) is 5.91 Å². The Bertz CT molecular complexity index is 428. The number of carbonyl (C=O) groups is 1. The predicted molar refractivity (Wildman–Crippen MR) is 60.3 cm³/mol. The van der Waals surface area contributed by atoms with Crippen molar-refractivity contribution in [1.29, 1.82) is 0 Å². The van der Waals surface area contributed by atoms with Crippen LogP contribution in [0.15, 0.2) is 6.07 Å². The lowest BCUT2D eigenvalue weighted by molar-refractivity contribution is 0.0950. The van der Waals surface area contributed by atoms with Gasteiger partial charge in [-0.2, -0.15) is 0 Å². The van der Waals surface area contributed by atoms with E-state index in [0.29, 0.717) is 11.1 Å². The maximum atomic E-state index is 11.5. The van der Waals surface area contributed by atoms with Gasteiger partial charge in [0.15, 0.2) is 0 Å². The van der Waals surface area contributed by atoms with Crippen molar-refractivity contribution in [2.75, 3.05) is 0 Å². The molecule has 1 aromatic carbocycles. The molecule has 5 nitrogen and oxygen atoms in total. The molecule has 5 N–H and O–H groups in total. The molecule has 0 saturated carbocycles. The highest BCUT2D eigenvalue weighted by Gasteiger charge is 2.20. The Morgan fingerprint density at radius 1 is 1.38 bits per heavy atom. The zero-order chi connectivity index (χ0) is 12.5. The number of aromatic hydroxyl groups is 2. The molecule has 0 aliphatic carbocycles. The lowest BCUT2D eigenvalue weighted by Gasteiger charge is -2.16. The van der Waals surface area contributed by atoms with E-state index in [1.807, 2.05) is 19.3 Å². The number of benzene rings is 1. The van der Waals surface area contributed by atoms with Crippen molar-refractivity contribution in [3.63, 3.8) is 0 Å². The van der Waals surface area contributed by atoms with Crippen molar-refractivity contribution < 1.29 is 15.0 Å². The van der Waals surface area contributed by atoms with Crippen LogP contribution < -0.4 is 11.3 Å². The molecule has 0 fully saturated rings. The molecule has 1 amide bonds. The van der Waals surface area contributed by atoms with Crippen molar-refractivity contribution >= 4 is 5.91 Å². The number of amides is 1. The second-order valence-electron chi connectivity index (χ2n) is 3.96. The molecular weight excluding hydrogens is 208 g/mol. The summed E-state index contributed by atoms with van der Waals surface area (Å²) in [5.41, 5.74) is 3.24. The van der Waals surface area contributed by atoms with E-state index in [9.17, 15) is 15.0 Å². The summed E-state index contributed by atoms with van der Waals surface area (Å²) < 4.78 is 0. The number of carbonyl (C=O) groups excluding carboxylic acids is 1. The molecule has 0 saturated heterocycles. The van der Waals surface area contributed by atoms with Crippen LogP contribution in [0, 0.1) is 6.92 Å².